The highest BCUT2D eigenvalue weighted by Crippen LogP contribution is 2.48. The number of hydrogen-bond donors (Lipinski definition) is 1. The van der Waals surface area contributed by atoms with E-state index in [2.05, 4.69) is 24.4 Å². The van der Waals surface area contributed by atoms with Gasteiger partial charge in [0.1, 0.15) is 6.04 Å². The van der Waals surface area contributed by atoms with Gasteiger partial charge in [-0.25, -0.2) is 0 Å². The summed E-state index contributed by atoms with van der Waals surface area (Å²) < 4.78 is 0. The van der Waals surface area contributed by atoms with E-state index in [-0.39, 0.29) is 23.7 Å². The quantitative estimate of drug-likeness (QED) is 0.903. The Morgan fingerprint density at radius 1 is 1.17 bits per heavy atom. The predicted molar refractivity (Wildman–Crippen MR) is 94.6 cm³/mol. The Hall–Kier alpha value is -1.84. The molecule has 3 rings (SSSR count). The largest absolute Gasteiger partial charge is 0.344 e. The summed E-state index contributed by atoms with van der Waals surface area (Å²) in [5, 5.41) is 3.04. The van der Waals surface area contributed by atoms with Crippen LogP contribution in [0.25, 0.3) is 0 Å². The van der Waals surface area contributed by atoms with Gasteiger partial charge in [-0.15, -0.1) is 0 Å². The molecule has 4 heteroatoms. The Balaban J connectivity index is 1.63. The maximum absolute atomic E-state index is 12.7. The van der Waals surface area contributed by atoms with Gasteiger partial charge >= 0.3 is 0 Å². The summed E-state index contributed by atoms with van der Waals surface area (Å²) in [7, 11) is 0. The number of amides is 2. The zero-order valence-corrected chi connectivity index (χ0v) is 14.9. The van der Waals surface area contributed by atoms with Crippen LogP contribution in [0.5, 0.6) is 0 Å². The molecule has 2 amide bonds. The van der Waals surface area contributed by atoms with Crippen molar-refractivity contribution >= 4 is 11.8 Å². The molecule has 1 saturated carbocycles. The van der Waals surface area contributed by atoms with Gasteiger partial charge in [0.25, 0.3) is 0 Å². The summed E-state index contributed by atoms with van der Waals surface area (Å²) in [5.41, 5.74) is 2.51. The van der Waals surface area contributed by atoms with Crippen molar-refractivity contribution in [1.29, 1.82) is 0 Å². The standard InChI is InChI=1S/C20H28N2O2/c1-13(2)18(20(24)22-10-6-7-11-22)21-19(23)17-12-16(17)15-9-5-4-8-14(15)3/h4-5,8-9,13,16-18H,6-7,10-12H2,1-3H3,(H,21,23)/t16?,17?,18-/m0/s1. The Morgan fingerprint density at radius 2 is 1.83 bits per heavy atom. The fourth-order valence-electron chi connectivity index (χ4n) is 3.74. The third kappa shape index (κ3) is 3.47. The lowest BCUT2D eigenvalue weighted by atomic mass is 10.0. The molecule has 1 aromatic carbocycles. The molecule has 130 valence electrons. The van der Waals surface area contributed by atoms with E-state index < -0.39 is 6.04 Å². The third-order valence-corrected chi connectivity index (χ3v) is 5.36. The number of aryl methyl sites for hydroxylation is 1. The maximum Gasteiger partial charge on any atom is 0.245 e. The second-order valence-electron chi connectivity index (χ2n) is 7.57. The van der Waals surface area contributed by atoms with Gasteiger partial charge in [-0.05, 0) is 49.1 Å². The van der Waals surface area contributed by atoms with Crippen molar-refractivity contribution in [2.45, 2.75) is 52.0 Å². The van der Waals surface area contributed by atoms with Crippen LogP contribution >= 0.6 is 0 Å². The summed E-state index contributed by atoms with van der Waals surface area (Å²) in [4.78, 5) is 27.2. The lowest BCUT2D eigenvalue weighted by Gasteiger charge is -2.26. The van der Waals surface area contributed by atoms with Gasteiger partial charge in [-0.2, -0.15) is 0 Å². The van der Waals surface area contributed by atoms with Gasteiger partial charge < -0.3 is 10.2 Å². The molecule has 4 nitrogen and oxygen atoms in total. The van der Waals surface area contributed by atoms with Crippen molar-refractivity contribution in [3.63, 3.8) is 0 Å². The highest BCUT2D eigenvalue weighted by Gasteiger charge is 2.45. The topological polar surface area (TPSA) is 49.4 Å². The van der Waals surface area contributed by atoms with Crippen LogP contribution in [-0.2, 0) is 9.59 Å². The molecule has 2 aliphatic rings. The minimum absolute atomic E-state index is 0.0127. The number of carbonyl (C=O) groups excluding carboxylic acids is 2. The molecule has 1 aromatic rings. The van der Waals surface area contributed by atoms with Crippen molar-refractivity contribution < 1.29 is 9.59 Å². The van der Waals surface area contributed by atoms with Crippen molar-refractivity contribution in [2.75, 3.05) is 13.1 Å². The predicted octanol–water partition coefficient (Wildman–Crippen LogP) is 2.86. The Morgan fingerprint density at radius 3 is 2.46 bits per heavy atom. The average Bonchev–Trinajstić information content (AvgIpc) is 3.15. The van der Waals surface area contributed by atoms with E-state index in [9.17, 15) is 9.59 Å². The molecule has 0 spiro atoms. The Kier molecular flexibility index (Phi) is 4.93. The molecular weight excluding hydrogens is 300 g/mol. The molecule has 2 fully saturated rings. The summed E-state index contributed by atoms with van der Waals surface area (Å²) in [6.07, 6.45) is 3.03. The molecule has 2 unspecified atom stereocenters. The lowest BCUT2D eigenvalue weighted by molar-refractivity contribution is -0.137. The molecule has 1 aliphatic heterocycles. The maximum atomic E-state index is 12.7. The van der Waals surface area contributed by atoms with E-state index in [0.717, 1.165) is 32.4 Å². The SMILES string of the molecule is Cc1ccccc1C1CC1C(=O)N[C@H](C(=O)N1CCCC1)C(C)C. The average molecular weight is 328 g/mol. The monoisotopic (exact) mass is 328 g/mol. The number of benzene rings is 1. The fraction of sp³-hybridized carbons (Fsp3) is 0.600. The summed E-state index contributed by atoms with van der Waals surface area (Å²) in [5.74, 6) is 0.552. The fourth-order valence-corrected chi connectivity index (χ4v) is 3.74. The van der Waals surface area contributed by atoms with Crippen LogP contribution in [0.2, 0.25) is 0 Å². The third-order valence-electron chi connectivity index (χ3n) is 5.36. The van der Waals surface area contributed by atoms with E-state index >= 15 is 0 Å². The summed E-state index contributed by atoms with van der Waals surface area (Å²) in [6.45, 7) is 7.76. The molecule has 1 N–H and O–H groups in total. The second kappa shape index (κ2) is 6.96. The van der Waals surface area contributed by atoms with Gasteiger partial charge in [0.2, 0.25) is 11.8 Å². The van der Waals surface area contributed by atoms with Gasteiger partial charge in [-0.1, -0.05) is 38.1 Å². The number of nitrogens with zero attached hydrogens (tertiary/aromatic N) is 1. The number of rotatable bonds is 5. The van der Waals surface area contributed by atoms with E-state index in [1.807, 2.05) is 30.9 Å². The van der Waals surface area contributed by atoms with Crippen molar-refractivity contribution in [3.05, 3.63) is 35.4 Å². The molecule has 0 radical (unpaired) electrons. The normalized spacial score (nSPS) is 24.1. The van der Waals surface area contributed by atoms with Crippen molar-refractivity contribution in [1.82, 2.24) is 10.2 Å². The first kappa shape index (κ1) is 17.0. The van der Waals surface area contributed by atoms with Crippen molar-refractivity contribution in [3.8, 4) is 0 Å². The van der Waals surface area contributed by atoms with E-state index in [4.69, 9.17) is 0 Å². The number of hydrogen-bond acceptors (Lipinski definition) is 2. The first-order valence-electron chi connectivity index (χ1n) is 9.13. The van der Waals surface area contributed by atoms with Crippen LogP contribution in [0.1, 0.15) is 50.2 Å². The number of nitrogens with one attached hydrogen (secondary N) is 1. The van der Waals surface area contributed by atoms with Crippen molar-refractivity contribution in [2.24, 2.45) is 11.8 Å². The van der Waals surface area contributed by atoms with Crippen LogP contribution in [0.15, 0.2) is 24.3 Å². The van der Waals surface area contributed by atoms with Crippen LogP contribution < -0.4 is 5.32 Å². The Labute approximate surface area is 144 Å². The van der Waals surface area contributed by atoms with Crippen LogP contribution in [0, 0.1) is 18.8 Å². The van der Waals surface area contributed by atoms with Crippen LogP contribution in [-0.4, -0.2) is 35.8 Å². The first-order chi connectivity index (χ1) is 11.5. The first-order valence-corrected chi connectivity index (χ1v) is 9.13. The van der Waals surface area contributed by atoms with E-state index in [1.54, 1.807) is 0 Å². The number of carbonyl (C=O) groups is 2. The van der Waals surface area contributed by atoms with Gasteiger partial charge in [0.05, 0.1) is 0 Å². The summed E-state index contributed by atoms with van der Waals surface area (Å²) >= 11 is 0. The van der Waals surface area contributed by atoms with Gasteiger partial charge in [0, 0.05) is 19.0 Å². The molecule has 1 aliphatic carbocycles. The zero-order chi connectivity index (χ0) is 17.3. The Bertz CT molecular complexity index is 620. The van der Waals surface area contributed by atoms with Crippen LogP contribution in [0.4, 0.5) is 0 Å². The zero-order valence-electron chi connectivity index (χ0n) is 14.9. The lowest BCUT2D eigenvalue weighted by Crippen LogP contribution is -2.51. The number of likely N-dealkylation sites (tertiary alicyclic amines) is 1. The molecule has 0 bridgehead atoms. The molecular formula is C20H28N2O2. The highest BCUT2D eigenvalue weighted by molar-refractivity contribution is 5.90. The smallest absolute Gasteiger partial charge is 0.245 e. The minimum atomic E-state index is -0.395. The minimum Gasteiger partial charge on any atom is -0.344 e. The molecule has 1 saturated heterocycles. The van der Waals surface area contributed by atoms with E-state index in [0.29, 0.717) is 5.92 Å². The second-order valence-corrected chi connectivity index (χ2v) is 7.57. The molecule has 3 atom stereocenters. The molecule has 24 heavy (non-hydrogen) atoms. The summed E-state index contributed by atoms with van der Waals surface area (Å²) in [6, 6.07) is 7.87. The van der Waals surface area contributed by atoms with Gasteiger partial charge in [0.15, 0.2) is 0 Å². The molecule has 1 heterocycles. The van der Waals surface area contributed by atoms with Gasteiger partial charge in [-0.3, -0.25) is 9.59 Å². The van der Waals surface area contributed by atoms with Crippen LogP contribution in [0.3, 0.4) is 0 Å². The molecule has 0 aromatic heterocycles. The van der Waals surface area contributed by atoms with E-state index in [1.165, 1.54) is 11.1 Å². The highest BCUT2D eigenvalue weighted by atomic mass is 16.2.